The molecule has 0 aromatic rings. The minimum absolute atomic E-state index is 0.101. The lowest BCUT2D eigenvalue weighted by molar-refractivity contribution is -0.140. The maximum absolute atomic E-state index is 12.0. The number of amides is 1. The molecule has 1 saturated heterocycles. The van der Waals surface area contributed by atoms with E-state index < -0.39 is 0 Å². The van der Waals surface area contributed by atoms with Gasteiger partial charge in [-0.05, 0) is 20.8 Å². The van der Waals surface area contributed by atoms with E-state index in [2.05, 4.69) is 5.32 Å². The zero-order chi connectivity index (χ0) is 11.4. The molecule has 1 heterocycles. The zero-order valence-corrected chi connectivity index (χ0v) is 10.1. The van der Waals surface area contributed by atoms with Crippen molar-refractivity contribution in [2.75, 3.05) is 26.7 Å². The van der Waals surface area contributed by atoms with Crippen LogP contribution in [0.1, 0.15) is 20.8 Å². The fourth-order valence-electron chi connectivity index (χ4n) is 1.60. The van der Waals surface area contributed by atoms with Crippen LogP contribution in [0, 0.1) is 5.92 Å². The molecule has 4 heteroatoms. The first kappa shape index (κ1) is 12.5. The normalized spacial score (nSPS) is 18.7. The van der Waals surface area contributed by atoms with Crippen LogP contribution in [0.4, 0.5) is 0 Å². The minimum Gasteiger partial charge on any atom is -0.380 e. The van der Waals surface area contributed by atoms with Crippen molar-refractivity contribution in [1.82, 2.24) is 10.2 Å². The van der Waals surface area contributed by atoms with Crippen LogP contribution in [0.5, 0.6) is 0 Å². The van der Waals surface area contributed by atoms with Crippen molar-refractivity contribution in [3.63, 3.8) is 0 Å². The number of hydrogen-bond donors (Lipinski definition) is 1. The van der Waals surface area contributed by atoms with Gasteiger partial charge >= 0.3 is 0 Å². The summed E-state index contributed by atoms with van der Waals surface area (Å²) < 4.78 is 5.20. The Balaban J connectivity index is 2.52. The summed E-state index contributed by atoms with van der Waals surface area (Å²) in [5.74, 6) is 0.434. The summed E-state index contributed by atoms with van der Waals surface area (Å²) in [5.41, 5.74) is 0. The molecule has 0 bridgehead atoms. The highest BCUT2D eigenvalue weighted by Crippen LogP contribution is 2.12. The minimum atomic E-state index is 0.101. The van der Waals surface area contributed by atoms with E-state index in [1.165, 1.54) is 0 Å². The van der Waals surface area contributed by atoms with E-state index in [9.17, 15) is 4.79 Å². The molecule has 1 fully saturated rings. The van der Waals surface area contributed by atoms with E-state index in [1.54, 1.807) is 7.11 Å². The predicted molar refractivity (Wildman–Crippen MR) is 59.7 cm³/mol. The first-order chi connectivity index (χ1) is 7.06. The summed E-state index contributed by atoms with van der Waals surface area (Å²) in [7, 11) is 1.68. The van der Waals surface area contributed by atoms with Crippen molar-refractivity contribution in [1.29, 1.82) is 0 Å². The summed E-state index contributed by atoms with van der Waals surface area (Å²) in [4.78, 5) is 14.0. The molecule has 4 nitrogen and oxygen atoms in total. The van der Waals surface area contributed by atoms with Crippen LogP contribution in [-0.4, -0.2) is 49.7 Å². The van der Waals surface area contributed by atoms with Gasteiger partial charge in [0, 0.05) is 32.8 Å². The third-order valence-corrected chi connectivity index (χ3v) is 2.89. The molecule has 1 unspecified atom stereocenters. The van der Waals surface area contributed by atoms with Gasteiger partial charge in [0.25, 0.3) is 0 Å². The van der Waals surface area contributed by atoms with Crippen molar-refractivity contribution in [3.05, 3.63) is 0 Å². The first-order valence-corrected chi connectivity index (χ1v) is 5.60. The largest absolute Gasteiger partial charge is 0.380 e. The van der Waals surface area contributed by atoms with Gasteiger partial charge in [0.1, 0.15) is 0 Å². The second-order valence-electron chi connectivity index (χ2n) is 4.49. The van der Waals surface area contributed by atoms with Crippen LogP contribution in [0.2, 0.25) is 0 Å². The molecule has 1 N–H and O–H groups in total. The molecule has 0 aromatic heterocycles. The zero-order valence-electron chi connectivity index (χ0n) is 10.1. The molecule has 0 aliphatic carbocycles. The molecule has 0 saturated carbocycles. The Kier molecular flexibility index (Phi) is 4.54. The Hall–Kier alpha value is -0.610. The molecular formula is C11H22N2O2. The van der Waals surface area contributed by atoms with E-state index in [1.807, 2.05) is 25.7 Å². The van der Waals surface area contributed by atoms with E-state index >= 15 is 0 Å². The highest BCUT2D eigenvalue weighted by molar-refractivity contribution is 5.80. The van der Waals surface area contributed by atoms with Gasteiger partial charge in [-0.1, -0.05) is 0 Å². The fraction of sp³-hybridized carbons (Fsp3) is 0.909. The van der Waals surface area contributed by atoms with Gasteiger partial charge in [-0.15, -0.1) is 0 Å². The van der Waals surface area contributed by atoms with Gasteiger partial charge in [-0.2, -0.15) is 0 Å². The fourth-order valence-corrected chi connectivity index (χ4v) is 1.60. The molecule has 1 atom stereocenters. The van der Waals surface area contributed by atoms with Crippen molar-refractivity contribution in [2.45, 2.75) is 32.9 Å². The highest BCUT2D eigenvalue weighted by Gasteiger charge is 2.30. The number of methoxy groups -OCH3 is 1. The van der Waals surface area contributed by atoms with Gasteiger partial charge in [-0.3, -0.25) is 4.79 Å². The van der Waals surface area contributed by atoms with Crippen LogP contribution in [-0.2, 0) is 9.53 Å². The van der Waals surface area contributed by atoms with Gasteiger partial charge < -0.3 is 15.0 Å². The smallest absolute Gasteiger partial charge is 0.228 e. The van der Waals surface area contributed by atoms with Crippen LogP contribution >= 0.6 is 0 Å². The Morgan fingerprint density at radius 2 is 2.07 bits per heavy atom. The lowest BCUT2D eigenvalue weighted by Gasteiger charge is -2.35. The quantitative estimate of drug-likeness (QED) is 0.723. The van der Waals surface area contributed by atoms with Crippen LogP contribution in [0.3, 0.4) is 0 Å². The van der Waals surface area contributed by atoms with Crippen LogP contribution in [0.15, 0.2) is 0 Å². The summed E-state index contributed by atoms with van der Waals surface area (Å²) in [6.45, 7) is 8.41. The van der Waals surface area contributed by atoms with Crippen LogP contribution in [0.25, 0.3) is 0 Å². The number of carbonyl (C=O) groups excluding carboxylic acids is 1. The predicted octanol–water partition coefficient (Wildman–Crippen LogP) is 0.478. The number of nitrogens with one attached hydrogen (secondary N) is 1. The second-order valence-corrected chi connectivity index (χ2v) is 4.49. The van der Waals surface area contributed by atoms with E-state index in [0.717, 1.165) is 13.1 Å². The Labute approximate surface area is 92.0 Å². The molecule has 88 valence electrons. The van der Waals surface area contributed by atoms with E-state index in [0.29, 0.717) is 6.54 Å². The van der Waals surface area contributed by atoms with Gasteiger partial charge in [0.2, 0.25) is 5.91 Å². The Morgan fingerprint density at radius 3 is 2.40 bits per heavy atom. The molecule has 15 heavy (non-hydrogen) atoms. The average Bonchev–Trinajstić information content (AvgIpc) is 2.10. The SMILES string of the molecule is COC(C)CN(C(=O)C1CNC1)C(C)C. The topological polar surface area (TPSA) is 41.6 Å². The van der Waals surface area contributed by atoms with Crippen molar-refractivity contribution in [3.8, 4) is 0 Å². The summed E-state index contributed by atoms with van der Waals surface area (Å²) in [6.07, 6.45) is 0.101. The first-order valence-electron chi connectivity index (χ1n) is 5.60. The molecule has 1 aliphatic heterocycles. The molecular weight excluding hydrogens is 192 g/mol. The third kappa shape index (κ3) is 3.18. The summed E-state index contributed by atoms with van der Waals surface area (Å²) in [6, 6.07) is 0.246. The Morgan fingerprint density at radius 1 is 1.47 bits per heavy atom. The maximum Gasteiger partial charge on any atom is 0.228 e. The molecule has 1 aliphatic rings. The van der Waals surface area contributed by atoms with Crippen molar-refractivity contribution in [2.24, 2.45) is 5.92 Å². The Bertz CT molecular complexity index is 215. The second kappa shape index (κ2) is 5.47. The molecule has 0 spiro atoms. The van der Waals surface area contributed by atoms with Crippen molar-refractivity contribution >= 4 is 5.91 Å². The molecule has 0 aromatic carbocycles. The number of carbonyl (C=O) groups is 1. The molecule has 1 amide bonds. The highest BCUT2D eigenvalue weighted by atomic mass is 16.5. The van der Waals surface area contributed by atoms with E-state index in [4.69, 9.17) is 4.74 Å². The summed E-state index contributed by atoms with van der Waals surface area (Å²) in [5, 5.41) is 3.12. The van der Waals surface area contributed by atoms with Gasteiger partial charge in [-0.25, -0.2) is 0 Å². The van der Waals surface area contributed by atoms with E-state index in [-0.39, 0.29) is 24.0 Å². The van der Waals surface area contributed by atoms with Gasteiger partial charge in [0.15, 0.2) is 0 Å². The number of nitrogens with zero attached hydrogens (tertiary/aromatic N) is 1. The lowest BCUT2D eigenvalue weighted by Crippen LogP contribution is -2.54. The number of ether oxygens (including phenoxy) is 1. The molecule has 1 rings (SSSR count). The maximum atomic E-state index is 12.0. The standard InChI is InChI=1S/C11H22N2O2/c1-8(2)13(7-9(3)15-4)11(14)10-5-12-6-10/h8-10,12H,5-7H2,1-4H3. The number of rotatable bonds is 5. The monoisotopic (exact) mass is 214 g/mol. The van der Waals surface area contributed by atoms with Crippen LogP contribution < -0.4 is 5.32 Å². The third-order valence-electron chi connectivity index (χ3n) is 2.89. The van der Waals surface area contributed by atoms with Crippen molar-refractivity contribution < 1.29 is 9.53 Å². The summed E-state index contributed by atoms with van der Waals surface area (Å²) >= 11 is 0. The average molecular weight is 214 g/mol. The number of hydrogen-bond acceptors (Lipinski definition) is 3. The lowest BCUT2D eigenvalue weighted by atomic mass is 10.0. The van der Waals surface area contributed by atoms with Gasteiger partial charge in [0.05, 0.1) is 12.0 Å². The molecule has 0 radical (unpaired) electrons.